The maximum atomic E-state index is 11.0. The van der Waals surface area contributed by atoms with Crippen molar-refractivity contribution in [2.45, 2.75) is 39.5 Å². The van der Waals surface area contributed by atoms with Gasteiger partial charge in [-0.05, 0) is 32.1 Å². The van der Waals surface area contributed by atoms with Gasteiger partial charge in [-0.3, -0.25) is 4.79 Å². The Hall–Kier alpha value is -0.330. The Balaban J connectivity index is 2.39. The summed E-state index contributed by atoms with van der Waals surface area (Å²) in [5.74, 6) is 1.52. The molecular formula is C9H16O. The summed E-state index contributed by atoms with van der Waals surface area (Å²) in [6.45, 7) is 3.84. The highest BCUT2D eigenvalue weighted by molar-refractivity contribution is 5.78. The Morgan fingerprint density at radius 2 is 2.20 bits per heavy atom. The van der Waals surface area contributed by atoms with Gasteiger partial charge in [0.05, 0.1) is 0 Å². The van der Waals surface area contributed by atoms with Gasteiger partial charge in [0, 0.05) is 5.92 Å². The van der Waals surface area contributed by atoms with Gasteiger partial charge in [0.15, 0.2) is 0 Å². The van der Waals surface area contributed by atoms with Crippen molar-refractivity contribution in [2.24, 2.45) is 11.8 Å². The van der Waals surface area contributed by atoms with Crippen molar-refractivity contribution in [3.05, 3.63) is 0 Å². The van der Waals surface area contributed by atoms with Crippen LogP contribution in [-0.2, 0) is 4.79 Å². The molecule has 0 aromatic rings. The molecule has 1 aliphatic rings. The van der Waals surface area contributed by atoms with Crippen LogP contribution in [0.4, 0.5) is 0 Å². The lowest BCUT2D eigenvalue weighted by Gasteiger charge is -2.31. The van der Waals surface area contributed by atoms with E-state index in [0.717, 1.165) is 12.3 Å². The van der Waals surface area contributed by atoms with Gasteiger partial charge in [-0.25, -0.2) is 0 Å². The van der Waals surface area contributed by atoms with E-state index in [0.29, 0.717) is 11.7 Å². The van der Waals surface area contributed by atoms with Crippen molar-refractivity contribution < 1.29 is 4.79 Å². The average Bonchev–Trinajstić information content (AvgIpc) is 1.76. The number of hydrogen-bond donors (Lipinski definition) is 0. The van der Waals surface area contributed by atoms with Crippen LogP contribution in [0.5, 0.6) is 0 Å². The molecule has 0 amide bonds. The first-order chi connectivity index (χ1) is 4.75. The van der Waals surface area contributed by atoms with Crippen molar-refractivity contribution in [3.8, 4) is 0 Å². The molecule has 0 unspecified atom stereocenters. The third kappa shape index (κ3) is 1.39. The highest BCUT2D eigenvalue weighted by atomic mass is 16.1. The van der Waals surface area contributed by atoms with E-state index in [4.69, 9.17) is 0 Å². The third-order valence-corrected chi connectivity index (χ3v) is 2.68. The van der Waals surface area contributed by atoms with Crippen molar-refractivity contribution >= 4 is 5.78 Å². The van der Waals surface area contributed by atoms with Gasteiger partial charge in [-0.1, -0.05) is 13.3 Å². The molecule has 1 heteroatoms. The molecule has 1 atom stereocenters. The van der Waals surface area contributed by atoms with Crippen molar-refractivity contribution in [1.82, 2.24) is 0 Å². The molecule has 58 valence electrons. The first-order valence-electron chi connectivity index (χ1n) is 4.26. The molecule has 0 aliphatic heterocycles. The highest BCUT2D eigenvalue weighted by Crippen LogP contribution is 2.35. The number of carbonyl (C=O) groups excluding carboxylic acids is 1. The van der Waals surface area contributed by atoms with Gasteiger partial charge in [-0.2, -0.15) is 0 Å². The Morgan fingerprint density at radius 3 is 2.30 bits per heavy atom. The molecule has 1 fully saturated rings. The average molecular weight is 140 g/mol. The second-order valence-electron chi connectivity index (χ2n) is 3.32. The SMILES string of the molecule is CC[C@H](C(C)=O)C1CCC1. The standard InChI is InChI=1S/C9H16O/c1-3-9(7(2)10)8-5-4-6-8/h8-9H,3-6H2,1-2H3/t9-/m1/s1. The van der Waals surface area contributed by atoms with Crippen molar-refractivity contribution in [1.29, 1.82) is 0 Å². The first-order valence-corrected chi connectivity index (χ1v) is 4.26. The van der Waals surface area contributed by atoms with Crippen LogP contribution in [0.1, 0.15) is 39.5 Å². The lowest BCUT2D eigenvalue weighted by atomic mass is 9.73. The van der Waals surface area contributed by atoms with Crippen molar-refractivity contribution in [3.63, 3.8) is 0 Å². The smallest absolute Gasteiger partial charge is 0.133 e. The zero-order valence-electron chi connectivity index (χ0n) is 6.89. The quantitative estimate of drug-likeness (QED) is 0.588. The molecular weight excluding hydrogens is 124 g/mol. The monoisotopic (exact) mass is 140 g/mol. The minimum absolute atomic E-state index is 0.383. The number of hydrogen-bond acceptors (Lipinski definition) is 1. The van der Waals surface area contributed by atoms with Gasteiger partial charge < -0.3 is 0 Å². The maximum absolute atomic E-state index is 11.0. The molecule has 0 aromatic carbocycles. The van der Waals surface area contributed by atoms with Crippen LogP contribution in [0, 0.1) is 11.8 Å². The third-order valence-electron chi connectivity index (χ3n) is 2.68. The zero-order chi connectivity index (χ0) is 7.56. The summed E-state index contributed by atoms with van der Waals surface area (Å²) in [5.41, 5.74) is 0. The Bertz CT molecular complexity index is 125. The fourth-order valence-electron chi connectivity index (χ4n) is 1.79. The normalized spacial score (nSPS) is 21.8. The minimum atomic E-state index is 0.383. The van der Waals surface area contributed by atoms with Gasteiger partial charge in [0.2, 0.25) is 0 Å². The Labute approximate surface area is 62.8 Å². The zero-order valence-corrected chi connectivity index (χ0v) is 6.89. The minimum Gasteiger partial charge on any atom is -0.300 e. The molecule has 1 rings (SSSR count). The lowest BCUT2D eigenvalue weighted by molar-refractivity contribution is -0.123. The summed E-state index contributed by atoms with van der Waals surface area (Å²) < 4.78 is 0. The molecule has 0 bridgehead atoms. The second kappa shape index (κ2) is 3.18. The predicted octanol–water partition coefficient (Wildman–Crippen LogP) is 2.40. The highest BCUT2D eigenvalue weighted by Gasteiger charge is 2.28. The van der Waals surface area contributed by atoms with E-state index in [1.54, 1.807) is 6.92 Å². The molecule has 0 heterocycles. The molecule has 0 aromatic heterocycles. The van der Waals surface area contributed by atoms with Crippen LogP contribution in [0.15, 0.2) is 0 Å². The molecule has 0 radical (unpaired) electrons. The van der Waals surface area contributed by atoms with E-state index in [1.165, 1.54) is 19.3 Å². The van der Waals surface area contributed by atoms with Crippen LogP contribution >= 0.6 is 0 Å². The number of Topliss-reactive ketones (excluding diaryl/α,β-unsaturated/α-hetero) is 1. The van der Waals surface area contributed by atoms with Crippen LogP contribution in [0.25, 0.3) is 0 Å². The molecule has 1 nitrogen and oxygen atoms in total. The first kappa shape index (κ1) is 7.77. The van der Waals surface area contributed by atoms with Crippen LogP contribution in [0.3, 0.4) is 0 Å². The Kier molecular flexibility index (Phi) is 2.47. The summed E-state index contributed by atoms with van der Waals surface area (Å²) in [7, 11) is 0. The molecule has 1 saturated carbocycles. The maximum Gasteiger partial charge on any atom is 0.133 e. The topological polar surface area (TPSA) is 17.1 Å². The molecule has 1 aliphatic carbocycles. The molecule has 10 heavy (non-hydrogen) atoms. The van der Waals surface area contributed by atoms with E-state index in [9.17, 15) is 4.79 Å². The molecule has 0 saturated heterocycles. The number of ketones is 1. The van der Waals surface area contributed by atoms with Crippen LogP contribution in [0.2, 0.25) is 0 Å². The summed E-state index contributed by atoms with van der Waals surface area (Å²) in [6.07, 6.45) is 4.96. The summed E-state index contributed by atoms with van der Waals surface area (Å²) in [5, 5.41) is 0. The second-order valence-corrected chi connectivity index (χ2v) is 3.32. The van der Waals surface area contributed by atoms with E-state index < -0.39 is 0 Å². The van der Waals surface area contributed by atoms with E-state index in [1.807, 2.05) is 0 Å². The lowest BCUT2D eigenvalue weighted by Crippen LogP contribution is -2.26. The molecule has 0 N–H and O–H groups in total. The predicted molar refractivity (Wildman–Crippen MR) is 41.8 cm³/mol. The summed E-state index contributed by atoms with van der Waals surface area (Å²) in [4.78, 5) is 11.0. The fourth-order valence-corrected chi connectivity index (χ4v) is 1.79. The summed E-state index contributed by atoms with van der Waals surface area (Å²) in [6, 6.07) is 0. The van der Waals surface area contributed by atoms with Crippen LogP contribution < -0.4 is 0 Å². The fraction of sp³-hybridized carbons (Fsp3) is 0.889. The van der Waals surface area contributed by atoms with E-state index >= 15 is 0 Å². The largest absolute Gasteiger partial charge is 0.300 e. The molecule has 0 spiro atoms. The van der Waals surface area contributed by atoms with Crippen LogP contribution in [-0.4, -0.2) is 5.78 Å². The Morgan fingerprint density at radius 1 is 1.60 bits per heavy atom. The van der Waals surface area contributed by atoms with E-state index in [2.05, 4.69) is 6.92 Å². The number of rotatable bonds is 3. The van der Waals surface area contributed by atoms with Gasteiger partial charge in [-0.15, -0.1) is 0 Å². The van der Waals surface area contributed by atoms with Gasteiger partial charge in [0.1, 0.15) is 5.78 Å². The summed E-state index contributed by atoms with van der Waals surface area (Å²) >= 11 is 0. The van der Waals surface area contributed by atoms with Crippen molar-refractivity contribution in [2.75, 3.05) is 0 Å². The van der Waals surface area contributed by atoms with Gasteiger partial charge in [0.25, 0.3) is 0 Å². The van der Waals surface area contributed by atoms with Gasteiger partial charge >= 0.3 is 0 Å². The van der Waals surface area contributed by atoms with E-state index in [-0.39, 0.29) is 0 Å². The number of carbonyl (C=O) groups is 1.